The van der Waals surface area contributed by atoms with Crippen molar-refractivity contribution in [3.63, 3.8) is 0 Å². The topological polar surface area (TPSA) is 0 Å². The van der Waals surface area contributed by atoms with Crippen molar-refractivity contribution in [2.45, 2.75) is 133 Å². The summed E-state index contributed by atoms with van der Waals surface area (Å²) in [5.41, 5.74) is 1.15. The van der Waals surface area contributed by atoms with Gasteiger partial charge in [-0.05, 0) is 46.3 Å². The van der Waals surface area contributed by atoms with Gasteiger partial charge in [0.25, 0.3) is 0 Å². The fourth-order valence-electron chi connectivity index (χ4n) is 6.05. The Bertz CT molecular complexity index is 350. The Morgan fingerprint density at radius 2 is 0.750 bits per heavy atom. The standard InChI is InChI=1S/2C10H20.C8H16/c1-7-9(3,4)8(2)10(7,5)6;1-3-9-5-7-10(4-2)8-6-9;1-7-3-5-8(2)6-4-7/h7-8H,1-6H3;9-10H,3-8H2,1-2H3;7-8H,3-6H2,1-2H3. The Labute approximate surface area is 180 Å². The van der Waals surface area contributed by atoms with Crippen LogP contribution in [0.5, 0.6) is 0 Å². The van der Waals surface area contributed by atoms with E-state index in [4.69, 9.17) is 0 Å². The summed E-state index contributed by atoms with van der Waals surface area (Å²) in [5.74, 6) is 5.92. The molecule has 3 aliphatic carbocycles. The summed E-state index contributed by atoms with van der Waals surface area (Å²) in [7, 11) is 0. The van der Waals surface area contributed by atoms with Crippen molar-refractivity contribution in [1.29, 1.82) is 0 Å². The van der Waals surface area contributed by atoms with Crippen molar-refractivity contribution >= 4 is 0 Å². The lowest BCUT2D eigenvalue weighted by molar-refractivity contribution is -0.141. The maximum atomic E-state index is 2.38. The average Bonchev–Trinajstić information content (AvgIpc) is 2.70. The van der Waals surface area contributed by atoms with E-state index < -0.39 is 0 Å². The maximum absolute atomic E-state index is 2.38. The van der Waals surface area contributed by atoms with Gasteiger partial charge in [0.05, 0.1) is 0 Å². The minimum atomic E-state index is 0.573. The quantitative estimate of drug-likeness (QED) is 0.438. The Morgan fingerprint density at radius 3 is 0.929 bits per heavy atom. The fraction of sp³-hybridized carbons (Fsp3) is 1.00. The molecule has 0 unspecified atom stereocenters. The molecule has 0 aromatic rings. The molecule has 3 rings (SSSR count). The second-order valence-electron chi connectivity index (χ2n) is 12.2. The molecule has 0 radical (unpaired) electrons. The molecule has 0 aromatic heterocycles. The van der Waals surface area contributed by atoms with Crippen molar-refractivity contribution in [3.05, 3.63) is 0 Å². The van der Waals surface area contributed by atoms with Crippen molar-refractivity contribution in [1.82, 2.24) is 0 Å². The van der Waals surface area contributed by atoms with Crippen molar-refractivity contribution in [2.24, 2.45) is 46.3 Å². The van der Waals surface area contributed by atoms with Crippen LogP contribution in [0.4, 0.5) is 0 Å². The molecule has 0 saturated heterocycles. The van der Waals surface area contributed by atoms with E-state index in [1.807, 2.05) is 0 Å². The first-order valence-electron chi connectivity index (χ1n) is 13.0. The summed E-state index contributed by atoms with van der Waals surface area (Å²) < 4.78 is 0. The molecule has 0 bridgehead atoms. The highest BCUT2D eigenvalue weighted by Gasteiger charge is 2.56. The normalized spacial score (nSPS) is 38.8. The molecule has 0 atom stereocenters. The summed E-state index contributed by atoms with van der Waals surface area (Å²) in [6.45, 7) is 23.7. The van der Waals surface area contributed by atoms with E-state index in [0.717, 1.165) is 35.5 Å². The van der Waals surface area contributed by atoms with Gasteiger partial charge in [-0.15, -0.1) is 0 Å². The molecule has 3 saturated carbocycles. The molecular weight excluding hydrogens is 336 g/mol. The first-order chi connectivity index (χ1) is 13.0. The SMILES string of the molecule is CC1C(C)(C)C(C)C1(C)C.CC1CCC(C)CC1.CCC1CCC(CC)CC1. The first kappa shape index (κ1) is 26.0. The summed E-state index contributed by atoms with van der Waals surface area (Å²) in [4.78, 5) is 0. The molecule has 0 heteroatoms. The van der Waals surface area contributed by atoms with Crippen molar-refractivity contribution < 1.29 is 0 Å². The average molecular weight is 393 g/mol. The Kier molecular flexibility index (Phi) is 10.6. The van der Waals surface area contributed by atoms with Gasteiger partial charge in [-0.3, -0.25) is 0 Å². The lowest BCUT2D eigenvalue weighted by Gasteiger charge is -2.62. The molecule has 168 valence electrons. The smallest absolute Gasteiger partial charge is 0.0292 e. The Balaban J connectivity index is 0.000000212. The highest BCUT2D eigenvalue weighted by molar-refractivity contribution is 5.04. The van der Waals surface area contributed by atoms with Crippen molar-refractivity contribution in [3.8, 4) is 0 Å². The van der Waals surface area contributed by atoms with Gasteiger partial charge in [-0.2, -0.15) is 0 Å². The zero-order chi connectivity index (χ0) is 21.5. The summed E-state index contributed by atoms with van der Waals surface area (Å²) in [6.07, 6.45) is 14.8. The lowest BCUT2D eigenvalue weighted by Crippen LogP contribution is -2.56. The van der Waals surface area contributed by atoms with Gasteiger partial charge < -0.3 is 0 Å². The molecule has 0 heterocycles. The monoisotopic (exact) mass is 392 g/mol. The Hall–Kier alpha value is 0. The van der Waals surface area contributed by atoms with Crippen LogP contribution in [0.25, 0.3) is 0 Å². The largest absolute Gasteiger partial charge is 0.0651 e. The number of hydrogen-bond acceptors (Lipinski definition) is 0. The third kappa shape index (κ3) is 7.05. The van der Waals surface area contributed by atoms with Gasteiger partial charge in [0.1, 0.15) is 0 Å². The van der Waals surface area contributed by atoms with Crippen LogP contribution >= 0.6 is 0 Å². The van der Waals surface area contributed by atoms with E-state index in [0.29, 0.717) is 10.8 Å². The van der Waals surface area contributed by atoms with Crippen LogP contribution in [0.15, 0.2) is 0 Å². The van der Waals surface area contributed by atoms with Gasteiger partial charge in [-0.1, -0.05) is 133 Å². The van der Waals surface area contributed by atoms with Crippen LogP contribution in [0.2, 0.25) is 0 Å². The summed E-state index contributed by atoms with van der Waals surface area (Å²) >= 11 is 0. The van der Waals surface area contributed by atoms with Gasteiger partial charge in [-0.25, -0.2) is 0 Å². The van der Waals surface area contributed by atoms with Crippen LogP contribution in [0.3, 0.4) is 0 Å². The van der Waals surface area contributed by atoms with Crippen LogP contribution < -0.4 is 0 Å². The highest BCUT2D eigenvalue weighted by atomic mass is 14.6. The highest BCUT2D eigenvalue weighted by Crippen LogP contribution is 2.62. The molecule has 3 fully saturated rings. The van der Waals surface area contributed by atoms with Crippen LogP contribution in [-0.2, 0) is 0 Å². The van der Waals surface area contributed by atoms with E-state index in [2.05, 4.69) is 69.2 Å². The molecule has 0 spiro atoms. The van der Waals surface area contributed by atoms with E-state index in [-0.39, 0.29) is 0 Å². The molecule has 0 N–H and O–H groups in total. The lowest BCUT2D eigenvalue weighted by atomic mass is 9.42. The third-order valence-electron chi connectivity index (χ3n) is 9.89. The number of hydrogen-bond donors (Lipinski definition) is 0. The summed E-state index contributed by atoms with van der Waals surface area (Å²) in [6, 6.07) is 0. The van der Waals surface area contributed by atoms with Crippen LogP contribution in [0, 0.1) is 46.3 Å². The third-order valence-corrected chi connectivity index (χ3v) is 9.89. The Morgan fingerprint density at radius 1 is 0.500 bits per heavy atom. The predicted molar refractivity (Wildman–Crippen MR) is 129 cm³/mol. The summed E-state index contributed by atoms with van der Waals surface area (Å²) in [5, 5.41) is 0. The molecule has 28 heavy (non-hydrogen) atoms. The predicted octanol–water partition coefficient (Wildman–Crippen LogP) is 9.77. The number of rotatable bonds is 2. The van der Waals surface area contributed by atoms with Crippen LogP contribution in [-0.4, -0.2) is 0 Å². The zero-order valence-electron chi connectivity index (χ0n) is 21.5. The molecule has 0 amide bonds. The van der Waals surface area contributed by atoms with Gasteiger partial charge in [0.2, 0.25) is 0 Å². The minimum Gasteiger partial charge on any atom is -0.0651 e. The second kappa shape index (κ2) is 11.4. The second-order valence-corrected chi connectivity index (χ2v) is 12.2. The van der Waals surface area contributed by atoms with Gasteiger partial charge in [0.15, 0.2) is 0 Å². The van der Waals surface area contributed by atoms with Crippen molar-refractivity contribution in [2.75, 3.05) is 0 Å². The van der Waals surface area contributed by atoms with E-state index in [1.165, 1.54) is 64.2 Å². The maximum Gasteiger partial charge on any atom is -0.0292 e. The van der Waals surface area contributed by atoms with Crippen LogP contribution in [0.1, 0.15) is 133 Å². The zero-order valence-corrected chi connectivity index (χ0v) is 21.5. The minimum absolute atomic E-state index is 0.573. The van der Waals surface area contributed by atoms with E-state index >= 15 is 0 Å². The van der Waals surface area contributed by atoms with E-state index in [9.17, 15) is 0 Å². The molecule has 0 nitrogen and oxygen atoms in total. The molecule has 0 aromatic carbocycles. The van der Waals surface area contributed by atoms with E-state index in [1.54, 1.807) is 0 Å². The van der Waals surface area contributed by atoms with Gasteiger partial charge >= 0.3 is 0 Å². The first-order valence-corrected chi connectivity index (χ1v) is 13.0. The molecular formula is C28H56. The van der Waals surface area contributed by atoms with Gasteiger partial charge in [0, 0.05) is 0 Å². The molecule has 0 aliphatic heterocycles. The fourth-order valence-corrected chi connectivity index (χ4v) is 6.05. The molecule has 3 aliphatic rings.